The van der Waals surface area contributed by atoms with Crippen molar-refractivity contribution >= 4 is 28.3 Å². The van der Waals surface area contributed by atoms with Crippen molar-refractivity contribution in [3.05, 3.63) is 35.7 Å². The maximum absolute atomic E-state index is 12.4. The number of piperazine rings is 1. The number of thiazole rings is 1. The lowest BCUT2D eigenvalue weighted by Crippen LogP contribution is -2.52. The Kier molecular flexibility index (Phi) is 5.99. The fourth-order valence-corrected chi connectivity index (χ4v) is 4.27. The van der Waals surface area contributed by atoms with E-state index < -0.39 is 0 Å². The van der Waals surface area contributed by atoms with Gasteiger partial charge >= 0.3 is 0 Å². The fourth-order valence-electron chi connectivity index (χ4n) is 3.54. The van der Waals surface area contributed by atoms with Crippen molar-refractivity contribution in [1.82, 2.24) is 14.8 Å². The Balaban J connectivity index is 1.24. The zero-order valence-electron chi connectivity index (χ0n) is 15.7. The molecule has 0 saturated carbocycles. The van der Waals surface area contributed by atoms with Gasteiger partial charge in [-0.15, -0.1) is 11.3 Å². The van der Waals surface area contributed by atoms with Crippen molar-refractivity contribution in [2.45, 2.75) is 18.9 Å². The van der Waals surface area contributed by atoms with Crippen molar-refractivity contribution in [3.63, 3.8) is 0 Å². The summed E-state index contributed by atoms with van der Waals surface area (Å²) in [6.07, 6.45) is 1.51. The Morgan fingerprint density at radius 1 is 1.18 bits per heavy atom. The van der Waals surface area contributed by atoms with Gasteiger partial charge in [0.2, 0.25) is 5.91 Å². The van der Waals surface area contributed by atoms with Gasteiger partial charge in [-0.2, -0.15) is 0 Å². The highest BCUT2D eigenvalue weighted by atomic mass is 32.1. The van der Waals surface area contributed by atoms with Crippen LogP contribution in [0.25, 0.3) is 11.3 Å². The van der Waals surface area contributed by atoms with E-state index in [-0.39, 0.29) is 17.9 Å². The van der Waals surface area contributed by atoms with Gasteiger partial charge in [0.05, 0.1) is 12.2 Å². The summed E-state index contributed by atoms with van der Waals surface area (Å²) in [5.41, 5.74) is 1.90. The van der Waals surface area contributed by atoms with Gasteiger partial charge in [-0.25, -0.2) is 4.98 Å². The van der Waals surface area contributed by atoms with E-state index in [0.717, 1.165) is 24.1 Å². The second-order valence-electron chi connectivity index (χ2n) is 7.06. The second-order valence-corrected chi connectivity index (χ2v) is 7.91. The van der Waals surface area contributed by atoms with Crippen LogP contribution in [0.2, 0.25) is 0 Å². The van der Waals surface area contributed by atoms with Crippen LogP contribution in [0.1, 0.15) is 12.8 Å². The first-order valence-electron chi connectivity index (χ1n) is 9.62. The van der Waals surface area contributed by atoms with Gasteiger partial charge in [-0.1, -0.05) is 30.3 Å². The number of aromatic nitrogens is 1. The molecule has 0 radical (unpaired) electrons. The average molecular weight is 401 g/mol. The van der Waals surface area contributed by atoms with Gasteiger partial charge in [-0.05, 0) is 12.8 Å². The smallest absolute Gasteiger partial charge is 0.251 e. The van der Waals surface area contributed by atoms with E-state index >= 15 is 0 Å². The lowest BCUT2D eigenvalue weighted by molar-refractivity contribution is -0.142. The van der Waals surface area contributed by atoms with E-state index in [2.05, 4.69) is 15.2 Å². The molecule has 7 nitrogen and oxygen atoms in total. The predicted molar refractivity (Wildman–Crippen MR) is 108 cm³/mol. The Labute approximate surface area is 168 Å². The van der Waals surface area contributed by atoms with Crippen LogP contribution in [0.4, 0.5) is 5.13 Å². The number of amides is 2. The SMILES string of the molecule is O=C(CN1CCN(C(=O)[C@H]2CCCO2)CC1)Nc1nc(-c2ccccc2)cs1. The van der Waals surface area contributed by atoms with Gasteiger partial charge in [-0.3, -0.25) is 14.5 Å². The number of carbonyl (C=O) groups is 2. The minimum atomic E-state index is -0.265. The number of nitrogens with one attached hydrogen (secondary N) is 1. The molecule has 2 saturated heterocycles. The zero-order chi connectivity index (χ0) is 19.3. The summed E-state index contributed by atoms with van der Waals surface area (Å²) in [6.45, 7) is 3.66. The molecule has 2 aliphatic rings. The van der Waals surface area contributed by atoms with E-state index in [1.165, 1.54) is 11.3 Å². The standard InChI is InChI=1S/C20H24N4O3S/c25-18(22-20-21-16(14-28-20)15-5-2-1-3-6-15)13-23-8-10-24(11-9-23)19(26)17-7-4-12-27-17/h1-3,5-6,14,17H,4,7-13H2,(H,21,22,25)/t17-/m1/s1. The molecule has 0 spiro atoms. The van der Waals surface area contributed by atoms with Crippen LogP contribution in [-0.4, -0.2) is 72.0 Å². The molecule has 1 N–H and O–H groups in total. The van der Waals surface area contributed by atoms with Crippen molar-refractivity contribution < 1.29 is 14.3 Å². The molecular weight excluding hydrogens is 376 g/mol. The summed E-state index contributed by atoms with van der Waals surface area (Å²) in [5.74, 6) is 0.0192. The topological polar surface area (TPSA) is 74.8 Å². The Hall–Kier alpha value is -2.29. The molecule has 2 aliphatic heterocycles. The molecule has 1 atom stereocenters. The number of benzene rings is 1. The van der Waals surface area contributed by atoms with Crippen molar-refractivity contribution in [3.8, 4) is 11.3 Å². The molecule has 8 heteroatoms. The van der Waals surface area contributed by atoms with E-state index in [0.29, 0.717) is 44.5 Å². The van der Waals surface area contributed by atoms with Crippen LogP contribution in [0.15, 0.2) is 35.7 Å². The number of rotatable bonds is 5. The van der Waals surface area contributed by atoms with Crippen LogP contribution in [-0.2, 0) is 14.3 Å². The molecule has 3 heterocycles. The Bertz CT molecular complexity index is 812. The van der Waals surface area contributed by atoms with Gasteiger partial charge in [0, 0.05) is 43.7 Å². The van der Waals surface area contributed by atoms with E-state index in [4.69, 9.17) is 4.74 Å². The lowest BCUT2D eigenvalue weighted by atomic mass is 10.2. The molecule has 0 unspecified atom stereocenters. The monoisotopic (exact) mass is 400 g/mol. The molecule has 0 bridgehead atoms. The van der Waals surface area contributed by atoms with Gasteiger partial charge in [0.1, 0.15) is 6.10 Å². The largest absolute Gasteiger partial charge is 0.368 e. The van der Waals surface area contributed by atoms with Crippen LogP contribution in [0.5, 0.6) is 0 Å². The van der Waals surface area contributed by atoms with Gasteiger partial charge < -0.3 is 15.0 Å². The third-order valence-corrected chi connectivity index (χ3v) is 5.83. The lowest BCUT2D eigenvalue weighted by Gasteiger charge is -2.35. The van der Waals surface area contributed by atoms with Gasteiger partial charge in [0.15, 0.2) is 5.13 Å². The first kappa shape index (κ1) is 19.0. The molecule has 28 heavy (non-hydrogen) atoms. The summed E-state index contributed by atoms with van der Waals surface area (Å²) in [7, 11) is 0. The predicted octanol–water partition coefficient (Wildman–Crippen LogP) is 2.07. The van der Waals surface area contributed by atoms with Crippen LogP contribution < -0.4 is 5.32 Å². The maximum atomic E-state index is 12.4. The summed E-state index contributed by atoms with van der Waals surface area (Å²) in [4.78, 5) is 33.2. The first-order valence-corrected chi connectivity index (χ1v) is 10.5. The summed E-state index contributed by atoms with van der Waals surface area (Å²) < 4.78 is 5.48. The molecule has 1 aromatic carbocycles. The number of hydrogen-bond donors (Lipinski definition) is 1. The summed E-state index contributed by atoms with van der Waals surface area (Å²) >= 11 is 1.42. The Morgan fingerprint density at radius 2 is 1.96 bits per heavy atom. The third-order valence-electron chi connectivity index (χ3n) is 5.08. The third kappa shape index (κ3) is 4.57. The molecular formula is C20H24N4O3S. The highest BCUT2D eigenvalue weighted by Gasteiger charge is 2.30. The molecule has 148 valence electrons. The zero-order valence-corrected chi connectivity index (χ0v) is 16.5. The summed E-state index contributed by atoms with van der Waals surface area (Å²) in [5, 5.41) is 5.44. The first-order chi connectivity index (χ1) is 13.7. The van der Waals surface area contributed by atoms with E-state index in [1.54, 1.807) is 0 Å². The highest BCUT2D eigenvalue weighted by molar-refractivity contribution is 7.14. The number of anilines is 1. The highest BCUT2D eigenvalue weighted by Crippen LogP contribution is 2.24. The quantitative estimate of drug-likeness (QED) is 0.832. The van der Waals surface area contributed by atoms with Crippen molar-refractivity contribution in [1.29, 1.82) is 0 Å². The average Bonchev–Trinajstić information content (AvgIpc) is 3.41. The van der Waals surface area contributed by atoms with E-state index in [9.17, 15) is 9.59 Å². The number of hydrogen-bond acceptors (Lipinski definition) is 6. The van der Waals surface area contributed by atoms with Crippen LogP contribution in [0.3, 0.4) is 0 Å². The number of ether oxygens (including phenoxy) is 1. The summed E-state index contributed by atoms with van der Waals surface area (Å²) in [6, 6.07) is 9.90. The van der Waals surface area contributed by atoms with Gasteiger partial charge in [0.25, 0.3) is 5.91 Å². The normalized spacial score (nSPS) is 20.3. The van der Waals surface area contributed by atoms with Crippen LogP contribution in [0, 0.1) is 0 Å². The second kappa shape index (κ2) is 8.81. The molecule has 0 aliphatic carbocycles. The van der Waals surface area contributed by atoms with Crippen LogP contribution >= 0.6 is 11.3 Å². The van der Waals surface area contributed by atoms with Crippen molar-refractivity contribution in [2.75, 3.05) is 44.6 Å². The fraction of sp³-hybridized carbons (Fsp3) is 0.450. The van der Waals surface area contributed by atoms with Crippen molar-refractivity contribution in [2.24, 2.45) is 0 Å². The number of carbonyl (C=O) groups excluding carboxylic acids is 2. The maximum Gasteiger partial charge on any atom is 0.251 e. The molecule has 2 amide bonds. The molecule has 1 aromatic heterocycles. The minimum Gasteiger partial charge on any atom is -0.368 e. The molecule has 4 rings (SSSR count). The Morgan fingerprint density at radius 3 is 2.68 bits per heavy atom. The molecule has 2 fully saturated rings. The molecule has 2 aromatic rings. The van der Waals surface area contributed by atoms with E-state index in [1.807, 2.05) is 40.6 Å². The minimum absolute atomic E-state index is 0.0761. The number of nitrogens with zero attached hydrogens (tertiary/aromatic N) is 3.